The normalized spacial score (nSPS) is 15.1. The molecule has 12 nitrogen and oxygen atoms in total. The van der Waals surface area contributed by atoms with Gasteiger partial charge in [0.2, 0.25) is 11.8 Å². The van der Waals surface area contributed by atoms with Gasteiger partial charge in [-0.1, -0.05) is 36.1 Å². The molecule has 1 fully saturated rings. The van der Waals surface area contributed by atoms with Crippen molar-refractivity contribution >= 4 is 51.2 Å². The molecule has 272 valence electrons. The molecule has 12 heteroatoms. The van der Waals surface area contributed by atoms with Crippen LogP contribution >= 0.6 is 0 Å². The Bertz CT molecular complexity index is 2650. The average molecular weight is 730 g/mol. The van der Waals surface area contributed by atoms with Gasteiger partial charge in [-0.3, -0.25) is 39.3 Å². The van der Waals surface area contributed by atoms with Gasteiger partial charge in [0.1, 0.15) is 11.7 Å². The first-order chi connectivity index (χ1) is 26.7. The number of imide groups is 1. The Labute approximate surface area is 315 Å². The number of aromatic nitrogens is 3. The molecule has 1 atom stereocenters. The summed E-state index contributed by atoms with van der Waals surface area (Å²) < 4.78 is 0. The number of aromatic amines is 1. The van der Waals surface area contributed by atoms with Crippen molar-refractivity contribution in [3.05, 3.63) is 119 Å². The lowest BCUT2D eigenvalue weighted by Crippen LogP contribution is -2.52. The minimum Gasteiger partial charge on any atom is -0.360 e. The molecule has 2 aliphatic rings. The van der Waals surface area contributed by atoms with E-state index in [1.54, 1.807) is 37.6 Å². The third-order valence-corrected chi connectivity index (χ3v) is 10.2. The topological polar surface area (TPSA) is 166 Å². The van der Waals surface area contributed by atoms with Crippen molar-refractivity contribution < 1.29 is 24.0 Å². The Morgan fingerprint density at radius 2 is 1.76 bits per heavy atom. The Kier molecular flexibility index (Phi) is 9.12. The summed E-state index contributed by atoms with van der Waals surface area (Å²) >= 11 is 0. The lowest BCUT2D eigenvalue weighted by atomic mass is 9.93. The number of carbonyl (C=O) groups is 5. The van der Waals surface area contributed by atoms with E-state index in [0.29, 0.717) is 41.8 Å². The van der Waals surface area contributed by atoms with Gasteiger partial charge in [0.25, 0.3) is 17.7 Å². The average Bonchev–Trinajstić information content (AvgIpc) is 3.77. The van der Waals surface area contributed by atoms with E-state index in [-0.39, 0.29) is 42.3 Å². The molecule has 3 aromatic carbocycles. The third-order valence-electron chi connectivity index (χ3n) is 10.2. The lowest BCUT2D eigenvalue weighted by molar-refractivity contribution is -0.136. The van der Waals surface area contributed by atoms with Crippen LogP contribution in [0.4, 0.5) is 0 Å². The quantitative estimate of drug-likeness (QED) is 0.101. The third kappa shape index (κ3) is 6.57. The molecule has 55 heavy (non-hydrogen) atoms. The summed E-state index contributed by atoms with van der Waals surface area (Å²) in [4.78, 5) is 76.3. The van der Waals surface area contributed by atoms with Crippen LogP contribution in [0.5, 0.6) is 0 Å². The minimum atomic E-state index is -0.692. The van der Waals surface area contributed by atoms with E-state index in [1.165, 1.54) is 4.90 Å². The van der Waals surface area contributed by atoms with Gasteiger partial charge in [-0.25, -0.2) is 0 Å². The molecular weight excluding hydrogens is 695 g/mol. The van der Waals surface area contributed by atoms with Gasteiger partial charge in [-0.05, 0) is 83.4 Å². The fourth-order valence-electron chi connectivity index (χ4n) is 7.32. The number of amides is 5. The number of rotatable bonds is 7. The molecule has 0 spiro atoms. The number of aryl methyl sites for hydroxylation is 1. The highest BCUT2D eigenvalue weighted by Crippen LogP contribution is 2.35. The van der Waals surface area contributed by atoms with Crippen molar-refractivity contribution in [2.24, 2.45) is 0 Å². The van der Waals surface area contributed by atoms with Crippen LogP contribution in [0.1, 0.15) is 67.2 Å². The molecule has 5 amide bonds. The van der Waals surface area contributed by atoms with Crippen molar-refractivity contribution in [1.82, 2.24) is 35.8 Å². The number of hydrogen-bond acceptors (Lipinski definition) is 7. The highest BCUT2D eigenvalue weighted by Gasteiger charge is 2.39. The maximum Gasteiger partial charge on any atom is 0.269 e. The second kappa shape index (κ2) is 14.4. The van der Waals surface area contributed by atoms with E-state index in [1.807, 2.05) is 49.5 Å². The lowest BCUT2D eigenvalue weighted by Gasteiger charge is -2.29. The van der Waals surface area contributed by atoms with E-state index >= 15 is 0 Å². The predicted molar refractivity (Wildman–Crippen MR) is 207 cm³/mol. The van der Waals surface area contributed by atoms with Gasteiger partial charge < -0.3 is 20.5 Å². The first kappa shape index (κ1) is 34.9. The first-order valence-electron chi connectivity index (χ1n) is 17.9. The van der Waals surface area contributed by atoms with Gasteiger partial charge in [0, 0.05) is 84.5 Å². The molecule has 4 N–H and O–H groups in total. The largest absolute Gasteiger partial charge is 0.360 e. The molecule has 1 unspecified atom stereocenters. The van der Waals surface area contributed by atoms with Crippen molar-refractivity contribution in [3.8, 4) is 34.2 Å². The summed E-state index contributed by atoms with van der Waals surface area (Å²) in [5.74, 6) is 4.68. The predicted octanol–water partition coefficient (Wildman–Crippen LogP) is 5.05. The summed E-state index contributed by atoms with van der Waals surface area (Å²) in [7, 11) is 1.62. The van der Waals surface area contributed by atoms with Gasteiger partial charge in [-0.15, -0.1) is 0 Å². The van der Waals surface area contributed by atoms with Gasteiger partial charge >= 0.3 is 0 Å². The molecule has 1 saturated heterocycles. The van der Waals surface area contributed by atoms with Gasteiger partial charge in [-0.2, -0.15) is 0 Å². The summed E-state index contributed by atoms with van der Waals surface area (Å²) in [6.07, 6.45) is 6.06. The summed E-state index contributed by atoms with van der Waals surface area (Å²) in [6.45, 7) is 2.59. The van der Waals surface area contributed by atoms with Crippen LogP contribution < -0.4 is 16.0 Å². The molecular formula is C43H35N7O5. The molecule has 0 radical (unpaired) electrons. The molecule has 2 aliphatic heterocycles. The highest BCUT2D eigenvalue weighted by atomic mass is 16.2. The van der Waals surface area contributed by atoms with Crippen LogP contribution in [0.2, 0.25) is 0 Å². The maximum atomic E-state index is 13.1. The van der Waals surface area contributed by atoms with E-state index in [0.717, 1.165) is 49.5 Å². The van der Waals surface area contributed by atoms with Crippen molar-refractivity contribution in [3.63, 3.8) is 0 Å². The zero-order chi connectivity index (χ0) is 38.2. The number of piperidine rings is 1. The van der Waals surface area contributed by atoms with E-state index in [4.69, 9.17) is 4.98 Å². The number of hydrogen-bond donors (Lipinski definition) is 4. The zero-order valence-corrected chi connectivity index (χ0v) is 30.1. The smallest absolute Gasteiger partial charge is 0.269 e. The number of nitrogens with one attached hydrogen (secondary N) is 4. The van der Waals surface area contributed by atoms with Crippen LogP contribution in [-0.2, 0) is 16.1 Å². The Morgan fingerprint density at radius 1 is 0.927 bits per heavy atom. The van der Waals surface area contributed by atoms with E-state index in [2.05, 4.69) is 49.9 Å². The number of pyridine rings is 2. The molecule has 6 aromatic rings. The van der Waals surface area contributed by atoms with E-state index in [9.17, 15) is 24.0 Å². The molecule has 0 aliphatic carbocycles. The number of benzene rings is 3. The first-order valence-corrected chi connectivity index (χ1v) is 17.9. The number of nitrogens with zero attached hydrogens (tertiary/aromatic N) is 3. The SMILES string of the molecule is CNC(=O)c1c[nH]c2cc(C)c(-c3cccc4cc(-c5ccc(C(=O)NCCC#Cc6cccc7c6CN(C6CCC(=O)NC6=O)C7=O)nc5)ncc34)cc12. The number of carbonyl (C=O) groups excluding carboxylic acids is 5. The summed E-state index contributed by atoms with van der Waals surface area (Å²) in [6, 6.07) is 20.3. The maximum absolute atomic E-state index is 13.1. The van der Waals surface area contributed by atoms with Crippen LogP contribution in [0.3, 0.4) is 0 Å². The Morgan fingerprint density at radius 3 is 2.56 bits per heavy atom. The second-order valence-electron chi connectivity index (χ2n) is 13.6. The summed E-state index contributed by atoms with van der Waals surface area (Å²) in [5, 5.41) is 10.7. The Balaban J connectivity index is 0.914. The van der Waals surface area contributed by atoms with Gasteiger partial charge in [0.05, 0.1) is 11.3 Å². The van der Waals surface area contributed by atoms with Crippen LogP contribution in [0.25, 0.3) is 44.1 Å². The second-order valence-corrected chi connectivity index (χ2v) is 13.6. The molecule has 5 heterocycles. The van der Waals surface area contributed by atoms with E-state index < -0.39 is 11.9 Å². The standard InChI is InChI=1S/C43H35N7O5/c1-24-17-37-31(33(22-48-37)40(52)44-2)19-30(24)28-10-6-9-26-18-36(47-21-32(26)28)27-12-13-35(46-20-27)41(53)45-16-4-3-7-25-8-5-11-29-34(25)23-50(43(29)55)38-14-15-39(51)49-42(38)54/h5-6,8-13,17-22,38,48H,4,14-16,23H2,1-2H3,(H,44,52)(H,45,53)(H,49,51,54). The summed E-state index contributed by atoms with van der Waals surface area (Å²) in [5.41, 5.74) is 8.26. The Hall–Kier alpha value is -7.13. The molecule has 0 saturated carbocycles. The van der Waals surface area contributed by atoms with Gasteiger partial charge in [0.15, 0.2) is 0 Å². The number of fused-ring (bicyclic) bond motifs is 3. The highest BCUT2D eigenvalue weighted by molar-refractivity contribution is 6.09. The number of H-pyrrole nitrogens is 1. The molecule has 3 aromatic heterocycles. The van der Waals surface area contributed by atoms with Crippen molar-refractivity contribution in [1.29, 1.82) is 0 Å². The van der Waals surface area contributed by atoms with Crippen LogP contribution in [0, 0.1) is 18.8 Å². The van der Waals surface area contributed by atoms with Crippen molar-refractivity contribution in [2.45, 2.75) is 38.8 Å². The molecule has 0 bridgehead atoms. The van der Waals surface area contributed by atoms with Crippen molar-refractivity contribution in [2.75, 3.05) is 13.6 Å². The molecule has 8 rings (SSSR count). The van der Waals surface area contributed by atoms with Crippen LogP contribution in [-0.4, -0.2) is 69.0 Å². The fourth-order valence-corrected chi connectivity index (χ4v) is 7.32. The zero-order valence-electron chi connectivity index (χ0n) is 30.1. The minimum absolute atomic E-state index is 0.150. The van der Waals surface area contributed by atoms with Crippen LogP contribution in [0.15, 0.2) is 85.3 Å². The monoisotopic (exact) mass is 729 g/mol. The fraction of sp³-hybridized carbons (Fsp3) is 0.186.